The maximum absolute atomic E-state index is 12.8. The highest BCUT2D eigenvalue weighted by atomic mass is 16.6. The van der Waals surface area contributed by atoms with E-state index in [1.54, 1.807) is 36.7 Å². The Hall–Kier alpha value is -3.88. The van der Waals surface area contributed by atoms with Crippen molar-refractivity contribution in [2.24, 2.45) is 0 Å². The largest absolute Gasteiger partial charge is 0.493 e. The molecule has 2 unspecified atom stereocenters. The normalized spacial score (nSPS) is 19.2. The molecule has 0 saturated heterocycles. The van der Waals surface area contributed by atoms with E-state index in [1.165, 1.54) is 25.3 Å². The number of anilines is 1. The van der Waals surface area contributed by atoms with Gasteiger partial charge in [-0.05, 0) is 30.3 Å². The molecule has 0 bridgehead atoms. The molecule has 9 heteroatoms. The number of carbonyl (C=O) groups is 1. The summed E-state index contributed by atoms with van der Waals surface area (Å²) in [5.41, 5.74) is 0.748. The van der Waals surface area contributed by atoms with Crippen molar-refractivity contribution >= 4 is 11.6 Å². The summed E-state index contributed by atoms with van der Waals surface area (Å²) in [5.74, 6) is 0.406. The van der Waals surface area contributed by atoms with Gasteiger partial charge < -0.3 is 19.5 Å². The number of rotatable bonds is 4. The summed E-state index contributed by atoms with van der Waals surface area (Å²) in [6.45, 7) is 0. The smallest absolute Gasteiger partial charge is 0.269 e. The Morgan fingerprint density at radius 3 is 2.64 bits per heavy atom. The molecular weight excluding hydrogens is 366 g/mol. The number of allylic oxidation sites excluding steroid dienone is 1. The first-order valence-electron chi connectivity index (χ1n) is 8.37. The lowest BCUT2D eigenvalue weighted by Gasteiger charge is -2.33. The van der Waals surface area contributed by atoms with Gasteiger partial charge in [0.2, 0.25) is 5.75 Å². The molecule has 2 aromatic rings. The zero-order valence-electron chi connectivity index (χ0n) is 14.7. The van der Waals surface area contributed by atoms with Crippen molar-refractivity contribution in [3.05, 3.63) is 76.3 Å². The lowest BCUT2D eigenvalue weighted by molar-refractivity contribution is -0.420. The number of carbonyl (C=O) groups excluding carboxylic acids is 1. The highest BCUT2D eigenvalue weighted by molar-refractivity contribution is 6.07. The van der Waals surface area contributed by atoms with E-state index < -0.39 is 23.0 Å². The van der Waals surface area contributed by atoms with Gasteiger partial charge in [-0.25, -0.2) is 0 Å². The molecule has 1 aliphatic carbocycles. The van der Waals surface area contributed by atoms with Crippen LogP contribution in [0.15, 0.2) is 60.6 Å². The van der Waals surface area contributed by atoms with Crippen molar-refractivity contribution in [3.63, 3.8) is 0 Å². The number of methoxy groups -OCH3 is 1. The minimum absolute atomic E-state index is 0.0844. The van der Waals surface area contributed by atoms with E-state index >= 15 is 0 Å². The average Bonchev–Trinajstić information content (AvgIpc) is 2.71. The number of hydrogen-bond acceptors (Lipinski definition) is 7. The molecule has 1 aliphatic heterocycles. The second kappa shape index (κ2) is 7.03. The highest BCUT2D eigenvalue weighted by Crippen LogP contribution is 2.45. The first kappa shape index (κ1) is 17.5. The second-order valence-electron chi connectivity index (χ2n) is 6.04. The molecule has 0 saturated carbocycles. The van der Waals surface area contributed by atoms with Gasteiger partial charge in [0.15, 0.2) is 23.7 Å². The van der Waals surface area contributed by atoms with Crippen LogP contribution in [-0.2, 0) is 0 Å². The Labute approximate surface area is 159 Å². The monoisotopic (exact) mass is 381 g/mol. The van der Waals surface area contributed by atoms with Gasteiger partial charge in [0.25, 0.3) is 11.6 Å². The predicted octanol–water partition coefficient (Wildman–Crippen LogP) is 2.58. The maximum atomic E-state index is 12.8. The minimum atomic E-state index is -0.703. The Morgan fingerprint density at radius 1 is 1.18 bits per heavy atom. The Kier molecular flexibility index (Phi) is 4.40. The zero-order valence-corrected chi connectivity index (χ0v) is 14.7. The van der Waals surface area contributed by atoms with E-state index in [0.29, 0.717) is 11.4 Å². The number of aromatic nitrogens is 1. The number of ether oxygens (including phenoxy) is 3. The molecule has 1 N–H and O–H groups in total. The minimum Gasteiger partial charge on any atom is -0.493 e. The number of nitrogens with one attached hydrogen (secondary N) is 1. The molecule has 1 aromatic heterocycles. The van der Waals surface area contributed by atoms with E-state index in [4.69, 9.17) is 14.2 Å². The van der Waals surface area contributed by atoms with Crippen LogP contribution in [-0.4, -0.2) is 35.1 Å². The fraction of sp³-hybridized carbons (Fsp3) is 0.158. The standard InChI is InChI=1S/C19H15N3O6/c1-26-15-5-3-13(19(23)21-11-6-8-20-9-7-11)17-18(15)28-16-10-12(22(24)25)2-4-14(16)27-17/h2-10,14,16H,1H3,(H,20,21,23). The number of fused-ring (bicyclic) bond motifs is 2. The zero-order chi connectivity index (χ0) is 19.7. The van der Waals surface area contributed by atoms with E-state index in [9.17, 15) is 14.9 Å². The van der Waals surface area contributed by atoms with Gasteiger partial charge in [0.1, 0.15) is 0 Å². The first-order valence-corrected chi connectivity index (χ1v) is 8.37. The van der Waals surface area contributed by atoms with Gasteiger partial charge in [-0.2, -0.15) is 0 Å². The predicted molar refractivity (Wildman–Crippen MR) is 98.2 cm³/mol. The second-order valence-corrected chi connectivity index (χ2v) is 6.04. The van der Waals surface area contributed by atoms with Crippen LogP contribution in [0.1, 0.15) is 10.4 Å². The molecule has 2 atom stereocenters. The van der Waals surface area contributed by atoms with E-state index in [1.807, 2.05) is 0 Å². The number of hydrogen-bond donors (Lipinski definition) is 1. The van der Waals surface area contributed by atoms with Crippen LogP contribution in [0.4, 0.5) is 5.69 Å². The van der Waals surface area contributed by atoms with Crippen molar-refractivity contribution in [2.45, 2.75) is 12.2 Å². The fourth-order valence-electron chi connectivity index (χ4n) is 2.97. The number of benzene rings is 1. The summed E-state index contributed by atoms with van der Waals surface area (Å²) in [5, 5.41) is 13.8. The number of amides is 1. The van der Waals surface area contributed by atoms with Crippen LogP contribution in [0.2, 0.25) is 0 Å². The molecule has 2 aliphatic rings. The lowest BCUT2D eigenvalue weighted by atomic mass is 10.0. The van der Waals surface area contributed by atoms with Crippen molar-refractivity contribution in [2.75, 3.05) is 12.4 Å². The molecule has 1 aromatic carbocycles. The number of nitro groups is 1. The molecule has 9 nitrogen and oxygen atoms in total. The Balaban J connectivity index is 1.69. The van der Waals surface area contributed by atoms with Crippen molar-refractivity contribution in [1.29, 1.82) is 0 Å². The molecule has 2 heterocycles. The summed E-state index contributed by atoms with van der Waals surface area (Å²) >= 11 is 0. The van der Waals surface area contributed by atoms with Gasteiger partial charge in [0, 0.05) is 30.2 Å². The Bertz CT molecular complexity index is 1000. The van der Waals surface area contributed by atoms with Crippen LogP contribution >= 0.6 is 0 Å². The van der Waals surface area contributed by atoms with Gasteiger partial charge in [0.05, 0.1) is 17.6 Å². The first-order chi connectivity index (χ1) is 13.6. The molecule has 28 heavy (non-hydrogen) atoms. The summed E-state index contributed by atoms with van der Waals surface area (Å²) in [6, 6.07) is 6.48. The SMILES string of the molecule is COc1ccc(C(=O)Nc2ccncc2)c2c1OC1C=C([N+](=O)[O-])C=CC1O2. The van der Waals surface area contributed by atoms with Crippen molar-refractivity contribution in [1.82, 2.24) is 4.98 Å². The van der Waals surface area contributed by atoms with E-state index in [-0.39, 0.29) is 22.8 Å². The van der Waals surface area contributed by atoms with Gasteiger partial charge in [-0.15, -0.1) is 0 Å². The van der Waals surface area contributed by atoms with Crippen molar-refractivity contribution < 1.29 is 23.9 Å². The third kappa shape index (κ3) is 3.13. The number of pyridine rings is 1. The molecule has 4 rings (SSSR count). The summed E-state index contributed by atoms with van der Waals surface area (Å²) < 4.78 is 17.2. The highest BCUT2D eigenvalue weighted by Gasteiger charge is 2.37. The topological polar surface area (TPSA) is 113 Å². The third-order valence-corrected chi connectivity index (χ3v) is 4.31. The fourth-order valence-corrected chi connectivity index (χ4v) is 2.97. The van der Waals surface area contributed by atoms with Crippen LogP contribution < -0.4 is 19.5 Å². The number of nitrogens with zero attached hydrogens (tertiary/aromatic N) is 2. The van der Waals surface area contributed by atoms with Crippen LogP contribution in [0, 0.1) is 10.1 Å². The van der Waals surface area contributed by atoms with E-state index in [0.717, 1.165) is 0 Å². The van der Waals surface area contributed by atoms with Crippen LogP contribution in [0.5, 0.6) is 17.2 Å². The molecule has 0 spiro atoms. The van der Waals surface area contributed by atoms with Crippen LogP contribution in [0.25, 0.3) is 0 Å². The summed E-state index contributed by atoms with van der Waals surface area (Å²) in [6.07, 6.45) is 6.09. The van der Waals surface area contributed by atoms with Gasteiger partial charge >= 0.3 is 0 Å². The molecule has 0 fully saturated rings. The molecular formula is C19H15N3O6. The van der Waals surface area contributed by atoms with Gasteiger partial charge in [-0.1, -0.05) is 0 Å². The maximum Gasteiger partial charge on any atom is 0.269 e. The quantitative estimate of drug-likeness (QED) is 0.640. The molecule has 142 valence electrons. The van der Waals surface area contributed by atoms with E-state index in [2.05, 4.69) is 10.3 Å². The Morgan fingerprint density at radius 2 is 1.93 bits per heavy atom. The van der Waals surface area contributed by atoms with Gasteiger partial charge in [-0.3, -0.25) is 19.9 Å². The summed E-state index contributed by atoms with van der Waals surface area (Å²) in [7, 11) is 1.46. The van der Waals surface area contributed by atoms with Crippen LogP contribution in [0.3, 0.4) is 0 Å². The summed E-state index contributed by atoms with van der Waals surface area (Å²) in [4.78, 5) is 27.2. The molecule has 1 amide bonds. The average molecular weight is 381 g/mol. The lowest BCUT2D eigenvalue weighted by Crippen LogP contribution is -2.40. The van der Waals surface area contributed by atoms with Crippen molar-refractivity contribution in [3.8, 4) is 17.2 Å². The molecule has 0 radical (unpaired) electrons. The third-order valence-electron chi connectivity index (χ3n) is 4.31.